The lowest BCUT2D eigenvalue weighted by molar-refractivity contribution is 0.137. The molecule has 0 saturated carbocycles. The number of hydrogen-bond acceptors (Lipinski definition) is 1. The van der Waals surface area contributed by atoms with Gasteiger partial charge in [-0.25, -0.2) is 9.18 Å². The van der Waals surface area contributed by atoms with Crippen LogP contribution in [0.2, 0.25) is 0 Å². The molecule has 1 N–H and O–H groups in total. The Balaban J connectivity index is 2.39. The second-order valence-corrected chi connectivity index (χ2v) is 3.34. The number of nitrogens with one attached hydrogen (secondary N) is 1. The molecule has 2 amide bonds. The van der Waals surface area contributed by atoms with E-state index in [2.05, 4.69) is 5.32 Å². The van der Waals surface area contributed by atoms with Gasteiger partial charge in [-0.05, 0) is 11.6 Å². The predicted octanol–water partition coefficient (Wildman–Crippen LogP) is 2.00. The fourth-order valence-electron chi connectivity index (χ4n) is 1.47. The van der Waals surface area contributed by atoms with Crippen LogP contribution in [0.5, 0.6) is 0 Å². The third-order valence-corrected chi connectivity index (χ3v) is 2.39. The summed E-state index contributed by atoms with van der Waals surface area (Å²) in [4.78, 5) is 12.4. The van der Waals surface area contributed by atoms with Crippen molar-refractivity contribution in [2.75, 3.05) is 12.4 Å². The maximum absolute atomic E-state index is 13.4. The highest BCUT2D eigenvalue weighted by molar-refractivity contribution is 5.90. The number of anilines is 1. The van der Waals surface area contributed by atoms with Crippen molar-refractivity contribution in [3.63, 3.8) is 0 Å². The second kappa shape index (κ2) is 3.29. The monoisotopic (exact) mass is 194 g/mol. The number of rotatable bonds is 0. The van der Waals surface area contributed by atoms with Gasteiger partial charge in [0.1, 0.15) is 0 Å². The number of alkyl halides is 1. The molecule has 0 saturated heterocycles. The van der Waals surface area contributed by atoms with E-state index in [1.807, 2.05) is 18.2 Å². The molecule has 0 bridgehead atoms. The minimum absolute atomic E-state index is 0.241. The van der Waals surface area contributed by atoms with E-state index in [0.717, 1.165) is 10.5 Å². The largest absolute Gasteiger partial charge is 0.323 e. The first-order valence-corrected chi connectivity index (χ1v) is 4.44. The number of carbonyl (C=O) groups excluding carboxylic acids is 1. The molecular formula is C10H11FN2O. The Hall–Kier alpha value is -1.58. The van der Waals surface area contributed by atoms with Crippen LogP contribution in [0, 0.1) is 0 Å². The molecule has 1 heterocycles. The zero-order chi connectivity index (χ0) is 10.1. The highest BCUT2D eigenvalue weighted by atomic mass is 19.1. The third-order valence-electron chi connectivity index (χ3n) is 2.39. The molecule has 14 heavy (non-hydrogen) atoms. The van der Waals surface area contributed by atoms with Gasteiger partial charge in [-0.2, -0.15) is 0 Å². The molecule has 3 nitrogen and oxygen atoms in total. The van der Waals surface area contributed by atoms with Crippen molar-refractivity contribution in [3.8, 4) is 0 Å². The van der Waals surface area contributed by atoms with Gasteiger partial charge < -0.3 is 5.32 Å². The standard InChI is InChI=1S/C10H11FN2O/c1-13-9(11)6-7-4-2-3-5-8(7)12-10(13)14/h2-5,9H,6H2,1H3,(H,12,14). The van der Waals surface area contributed by atoms with Gasteiger partial charge >= 0.3 is 6.03 Å². The summed E-state index contributed by atoms with van der Waals surface area (Å²) in [5.74, 6) is 0. The van der Waals surface area contributed by atoms with Gasteiger partial charge in [0.25, 0.3) is 0 Å². The topological polar surface area (TPSA) is 32.3 Å². The average molecular weight is 194 g/mol. The summed E-state index contributed by atoms with van der Waals surface area (Å²) >= 11 is 0. The van der Waals surface area contributed by atoms with E-state index in [4.69, 9.17) is 0 Å². The third kappa shape index (κ3) is 1.43. The molecule has 1 aromatic rings. The summed E-state index contributed by atoms with van der Waals surface area (Å²) in [6.07, 6.45) is -1.01. The fourth-order valence-corrected chi connectivity index (χ4v) is 1.47. The molecule has 1 unspecified atom stereocenters. The smallest absolute Gasteiger partial charge is 0.307 e. The van der Waals surface area contributed by atoms with Gasteiger partial charge in [0.2, 0.25) is 0 Å². The second-order valence-electron chi connectivity index (χ2n) is 3.34. The Bertz CT molecular complexity index is 367. The van der Waals surface area contributed by atoms with E-state index in [1.54, 1.807) is 6.07 Å². The van der Waals surface area contributed by atoms with E-state index >= 15 is 0 Å². The zero-order valence-electron chi connectivity index (χ0n) is 7.83. The molecule has 1 aliphatic rings. The van der Waals surface area contributed by atoms with Crippen molar-refractivity contribution in [1.29, 1.82) is 0 Å². The highest BCUT2D eigenvalue weighted by Gasteiger charge is 2.24. The van der Waals surface area contributed by atoms with Crippen LogP contribution < -0.4 is 5.32 Å². The number of carbonyl (C=O) groups is 1. The fraction of sp³-hybridized carbons (Fsp3) is 0.300. The lowest BCUT2D eigenvalue weighted by atomic mass is 10.1. The van der Waals surface area contributed by atoms with Crippen molar-refractivity contribution < 1.29 is 9.18 Å². The first-order valence-electron chi connectivity index (χ1n) is 4.44. The molecule has 1 atom stereocenters. The van der Waals surface area contributed by atoms with Gasteiger partial charge in [0.15, 0.2) is 6.30 Å². The Kier molecular flexibility index (Phi) is 2.11. The molecule has 0 radical (unpaired) electrons. The molecule has 74 valence electrons. The van der Waals surface area contributed by atoms with Gasteiger partial charge in [-0.15, -0.1) is 0 Å². The van der Waals surface area contributed by atoms with E-state index in [9.17, 15) is 9.18 Å². The van der Waals surface area contributed by atoms with E-state index < -0.39 is 12.3 Å². The molecule has 2 rings (SSSR count). The first kappa shape index (κ1) is 8.99. The summed E-state index contributed by atoms with van der Waals surface area (Å²) < 4.78 is 13.4. The SMILES string of the molecule is CN1C(=O)Nc2ccccc2CC1F. The number of hydrogen-bond donors (Lipinski definition) is 1. The minimum Gasteiger partial charge on any atom is -0.307 e. The Labute approximate surface area is 81.5 Å². The minimum atomic E-state index is -1.25. The number of likely N-dealkylation sites (N-methyl/N-ethyl adjacent to an activating group) is 1. The normalized spacial score (nSPS) is 21.1. The molecule has 0 fully saturated rings. The van der Waals surface area contributed by atoms with Crippen LogP contribution in [-0.4, -0.2) is 24.3 Å². The summed E-state index contributed by atoms with van der Waals surface area (Å²) in [6.45, 7) is 0. The molecule has 1 aromatic carbocycles. The number of halogens is 1. The average Bonchev–Trinajstić information content (AvgIpc) is 2.28. The Morgan fingerprint density at radius 1 is 1.50 bits per heavy atom. The number of amides is 2. The summed E-state index contributed by atoms with van der Waals surface area (Å²) in [6, 6.07) is 6.85. The maximum atomic E-state index is 13.4. The van der Waals surface area contributed by atoms with Crippen molar-refractivity contribution in [3.05, 3.63) is 29.8 Å². The lowest BCUT2D eigenvalue weighted by Crippen LogP contribution is -2.36. The van der Waals surface area contributed by atoms with Crippen LogP contribution in [0.15, 0.2) is 24.3 Å². The van der Waals surface area contributed by atoms with Crippen molar-refractivity contribution in [2.24, 2.45) is 0 Å². The predicted molar refractivity (Wildman–Crippen MR) is 51.8 cm³/mol. The van der Waals surface area contributed by atoms with E-state index in [-0.39, 0.29) is 6.42 Å². The van der Waals surface area contributed by atoms with Crippen LogP contribution in [0.3, 0.4) is 0 Å². The van der Waals surface area contributed by atoms with Crippen LogP contribution in [0.4, 0.5) is 14.9 Å². The summed E-state index contributed by atoms with van der Waals surface area (Å²) in [5.41, 5.74) is 1.53. The molecular weight excluding hydrogens is 183 g/mol. The molecule has 4 heteroatoms. The number of benzene rings is 1. The zero-order valence-corrected chi connectivity index (χ0v) is 7.83. The van der Waals surface area contributed by atoms with Crippen LogP contribution in [-0.2, 0) is 6.42 Å². The van der Waals surface area contributed by atoms with Crippen molar-refractivity contribution in [2.45, 2.75) is 12.7 Å². The van der Waals surface area contributed by atoms with Gasteiger partial charge in [0, 0.05) is 19.2 Å². The van der Waals surface area contributed by atoms with E-state index in [0.29, 0.717) is 5.69 Å². The van der Waals surface area contributed by atoms with Crippen molar-refractivity contribution >= 4 is 11.7 Å². The Morgan fingerprint density at radius 3 is 3.00 bits per heavy atom. The highest BCUT2D eigenvalue weighted by Crippen LogP contribution is 2.22. The number of fused-ring (bicyclic) bond motifs is 1. The maximum Gasteiger partial charge on any atom is 0.323 e. The quantitative estimate of drug-likeness (QED) is 0.629. The molecule has 0 spiro atoms. The summed E-state index contributed by atoms with van der Waals surface area (Å²) in [7, 11) is 1.45. The number of para-hydroxylation sites is 1. The van der Waals surface area contributed by atoms with Crippen LogP contribution in [0.1, 0.15) is 5.56 Å². The first-order chi connectivity index (χ1) is 6.68. The van der Waals surface area contributed by atoms with Gasteiger partial charge in [-0.1, -0.05) is 18.2 Å². The number of urea groups is 1. The van der Waals surface area contributed by atoms with Crippen LogP contribution in [0.25, 0.3) is 0 Å². The molecule has 0 aromatic heterocycles. The number of nitrogens with zero attached hydrogens (tertiary/aromatic N) is 1. The molecule has 0 aliphatic carbocycles. The molecule has 1 aliphatic heterocycles. The van der Waals surface area contributed by atoms with Crippen molar-refractivity contribution in [1.82, 2.24) is 4.90 Å². The van der Waals surface area contributed by atoms with Gasteiger partial charge in [0.05, 0.1) is 0 Å². The van der Waals surface area contributed by atoms with Gasteiger partial charge in [-0.3, -0.25) is 4.90 Å². The summed E-state index contributed by atoms with van der Waals surface area (Å²) in [5, 5.41) is 2.65. The lowest BCUT2D eigenvalue weighted by Gasteiger charge is -2.17. The Morgan fingerprint density at radius 2 is 2.21 bits per heavy atom. The van der Waals surface area contributed by atoms with E-state index in [1.165, 1.54) is 7.05 Å². The van der Waals surface area contributed by atoms with Crippen LogP contribution >= 0.6 is 0 Å².